The lowest BCUT2D eigenvalue weighted by Gasteiger charge is -2.09. The van der Waals surface area contributed by atoms with Crippen molar-refractivity contribution in [3.05, 3.63) is 65.7 Å². The number of carbonyl (C=O) groups is 1. The van der Waals surface area contributed by atoms with Crippen molar-refractivity contribution in [2.75, 3.05) is 0 Å². The Labute approximate surface area is 121 Å². The summed E-state index contributed by atoms with van der Waals surface area (Å²) in [7, 11) is -5.18. The van der Waals surface area contributed by atoms with E-state index in [1.54, 1.807) is 0 Å². The average Bonchev–Trinajstić information content (AvgIpc) is 2.45. The Kier molecular flexibility index (Phi) is 4.54. The van der Waals surface area contributed by atoms with Crippen LogP contribution in [0.5, 0.6) is 5.75 Å². The summed E-state index contributed by atoms with van der Waals surface area (Å²) in [6.07, 6.45) is 0. The monoisotopic (exact) mass is 309 g/mol. The van der Waals surface area contributed by atoms with Crippen molar-refractivity contribution < 1.29 is 21.3 Å². The minimum atomic E-state index is -5.18. The zero-order chi connectivity index (χ0) is 15.3. The van der Waals surface area contributed by atoms with Gasteiger partial charge in [-0.1, -0.05) is 46.4 Å². The summed E-state index contributed by atoms with van der Waals surface area (Å²) in [5.74, 6) is -0.913. The first kappa shape index (κ1) is 15.0. The number of hydrogen-bond donors (Lipinski definition) is 1. The number of nitrogens with one attached hydrogen (secondary N) is 1. The molecule has 1 N–H and O–H groups in total. The Balaban J connectivity index is 2.12. The van der Waals surface area contributed by atoms with Gasteiger partial charge >= 0.3 is 10.5 Å². The second kappa shape index (κ2) is 6.36. The normalized spacial score (nSPS) is 10.9. The van der Waals surface area contributed by atoms with Crippen molar-refractivity contribution in [1.29, 1.82) is 0 Å². The predicted molar refractivity (Wildman–Crippen MR) is 74.7 cm³/mol. The Morgan fingerprint density at radius 2 is 1.67 bits per heavy atom. The van der Waals surface area contributed by atoms with Gasteiger partial charge in [0.25, 0.3) is 5.91 Å². The van der Waals surface area contributed by atoms with E-state index in [2.05, 4.69) is 9.50 Å². The lowest BCUT2D eigenvalue weighted by atomic mass is 10.1. The van der Waals surface area contributed by atoms with Crippen LogP contribution < -0.4 is 9.50 Å². The zero-order valence-corrected chi connectivity index (χ0v) is 11.6. The maximum Gasteiger partial charge on any atom is 0.488 e. The highest BCUT2D eigenvalue weighted by Gasteiger charge is 2.17. The van der Waals surface area contributed by atoms with Crippen LogP contribution in [0.2, 0.25) is 0 Å². The fourth-order valence-electron chi connectivity index (χ4n) is 1.71. The fraction of sp³-hybridized carbons (Fsp3) is 0.0714. The summed E-state index contributed by atoms with van der Waals surface area (Å²) in [6, 6.07) is 14.7. The Hall–Kier alpha value is -2.41. The Morgan fingerprint density at radius 3 is 2.33 bits per heavy atom. The first-order valence-corrected chi connectivity index (χ1v) is 7.32. The Bertz CT molecular complexity index is 732. The van der Waals surface area contributed by atoms with Gasteiger partial charge < -0.3 is 9.50 Å². The predicted octanol–water partition coefficient (Wildman–Crippen LogP) is 2.21. The van der Waals surface area contributed by atoms with Crippen LogP contribution in [0.4, 0.5) is 3.89 Å². The average molecular weight is 309 g/mol. The smallest absolute Gasteiger partial charge is 0.358 e. The molecule has 0 aliphatic carbocycles. The van der Waals surface area contributed by atoms with Gasteiger partial charge in [0.1, 0.15) is 0 Å². The quantitative estimate of drug-likeness (QED) is 0.860. The minimum Gasteiger partial charge on any atom is -0.358 e. The molecule has 0 heterocycles. The van der Waals surface area contributed by atoms with Crippen molar-refractivity contribution in [2.45, 2.75) is 6.54 Å². The number of para-hydroxylation sites is 1. The summed E-state index contributed by atoms with van der Waals surface area (Å²) < 4.78 is 37.8. The van der Waals surface area contributed by atoms with Crippen LogP contribution in [-0.2, 0) is 17.0 Å². The van der Waals surface area contributed by atoms with Gasteiger partial charge in [-0.15, -0.1) is 0 Å². The van der Waals surface area contributed by atoms with E-state index in [1.165, 1.54) is 24.3 Å². The largest absolute Gasteiger partial charge is 0.488 e. The molecule has 0 unspecified atom stereocenters. The van der Waals surface area contributed by atoms with Gasteiger partial charge in [-0.25, -0.2) is 0 Å². The van der Waals surface area contributed by atoms with E-state index in [1.807, 2.05) is 30.3 Å². The van der Waals surface area contributed by atoms with Crippen molar-refractivity contribution in [2.24, 2.45) is 0 Å². The van der Waals surface area contributed by atoms with Crippen LogP contribution in [0.25, 0.3) is 0 Å². The van der Waals surface area contributed by atoms with Crippen LogP contribution in [-0.4, -0.2) is 14.3 Å². The summed E-state index contributed by atoms with van der Waals surface area (Å²) in [5.41, 5.74) is 0.817. The molecular weight excluding hydrogens is 297 g/mol. The molecule has 0 aliphatic heterocycles. The summed E-state index contributed by atoms with van der Waals surface area (Å²) in [5, 5.41) is 2.61. The Morgan fingerprint density at radius 1 is 1.05 bits per heavy atom. The molecule has 0 saturated heterocycles. The van der Waals surface area contributed by atoms with Gasteiger partial charge in [-0.3, -0.25) is 4.79 Å². The molecular formula is C14H12FNO4S. The first-order valence-electron chi connectivity index (χ1n) is 6.01. The topological polar surface area (TPSA) is 72.5 Å². The standard InChI is InChI=1S/C14H12FNO4S/c15-21(18,19)20-13-9-5-4-8-12(13)14(17)16-10-11-6-2-1-3-7-11/h1-9H,10H2,(H,16,17). The highest BCUT2D eigenvalue weighted by molar-refractivity contribution is 7.81. The van der Waals surface area contributed by atoms with E-state index in [9.17, 15) is 17.1 Å². The summed E-state index contributed by atoms with van der Waals surface area (Å²) >= 11 is 0. The molecule has 2 aromatic rings. The molecule has 0 saturated carbocycles. The lowest BCUT2D eigenvalue weighted by Crippen LogP contribution is -2.23. The molecule has 0 aliphatic rings. The summed E-state index contributed by atoms with van der Waals surface area (Å²) in [6.45, 7) is 0.260. The maximum absolute atomic E-state index is 12.6. The van der Waals surface area contributed by atoms with Crippen LogP contribution in [0.1, 0.15) is 15.9 Å². The van der Waals surface area contributed by atoms with Crippen molar-refractivity contribution in [3.63, 3.8) is 0 Å². The zero-order valence-electron chi connectivity index (χ0n) is 10.8. The van der Waals surface area contributed by atoms with Crippen LogP contribution in [0.3, 0.4) is 0 Å². The molecule has 0 spiro atoms. The molecule has 0 bridgehead atoms. The number of rotatable bonds is 5. The fourth-order valence-corrected chi connectivity index (χ4v) is 2.07. The lowest BCUT2D eigenvalue weighted by molar-refractivity contribution is 0.0949. The molecule has 0 aromatic heterocycles. The van der Waals surface area contributed by atoms with E-state index in [-0.39, 0.29) is 17.9 Å². The molecule has 2 rings (SSSR count). The van der Waals surface area contributed by atoms with Crippen molar-refractivity contribution in [3.8, 4) is 5.75 Å². The van der Waals surface area contributed by atoms with Crippen molar-refractivity contribution >= 4 is 16.4 Å². The van der Waals surface area contributed by atoms with Crippen LogP contribution in [0, 0.1) is 0 Å². The molecule has 5 nitrogen and oxygen atoms in total. The van der Waals surface area contributed by atoms with E-state index < -0.39 is 16.4 Å². The molecule has 1 amide bonds. The minimum absolute atomic E-state index is 0.0605. The maximum atomic E-state index is 12.6. The molecule has 110 valence electrons. The molecule has 21 heavy (non-hydrogen) atoms. The van der Waals surface area contributed by atoms with Crippen LogP contribution in [0.15, 0.2) is 54.6 Å². The number of benzene rings is 2. The second-order valence-electron chi connectivity index (χ2n) is 4.14. The third kappa shape index (κ3) is 4.57. The third-order valence-electron chi connectivity index (χ3n) is 2.62. The number of hydrogen-bond acceptors (Lipinski definition) is 4. The van der Waals surface area contributed by atoms with E-state index in [0.717, 1.165) is 5.56 Å². The SMILES string of the molecule is O=C(NCc1ccccc1)c1ccccc1OS(=O)(=O)F. The van der Waals surface area contributed by atoms with Crippen molar-refractivity contribution in [1.82, 2.24) is 5.32 Å². The number of halogens is 1. The summed E-state index contributed by atoms with van der Waals surface area (Å²) in [4.78, 5) is 12.0. The second-order valence-corrected chi connectivity index (χ2v) is 5.09. The highest BCUT2D eigenvalue weighted by atomic mass is 32.3. The van der Waals surface area contributed by atoms with E-state index >= 15 is 0 Å². The molecule has 0 fully saturated rings. The first-order chi connectivity index (χ1) is 9.96. The van der Waals surface area contributed by atoms with E-state index in [0.29, 0.717) is 0 Å². The van der Waals surface area contributed by atoms with Gasteiger partial charge in [-0.05, 0) is 17.7 Å². The van der Waals surface area contributed by atoms with Gasteiger partial charge in [0.15, 0.2) is 5.75 Å². The van der Waals surface area contributed by atoms with Gasteiger partial charge in [0.05, 0.1) is 5.56 Å². The molecule has 0 atom stereocenters. The van der Waals surface area contributed by atoms with Gasteiger partial charge in [0.2, 0.25) is 0 Å². The van der Waals surface area contributed by atoms with E-state index in [4.69, 9.17) is 0 Å². The van der Waals surface area contributed by atoms with Gasteiger partial charge in [0, 0.05) is 6.54 Å². The third-order valence-corrected chi connectivity index (χ3v) is 3.00. The molecule has 0 radical (unpaired) electrons. The number of carbonyl (C=O) groups excluding carboxylic acids is 1. The van der Waals surface area contributed by atoms with Crippen LogP contribution >= 0.6 is 0 Å². The number of amides is 1. The van der Waals surface area contributed by atoms with Gasteiger partial charge in [-0.2, -0.15) is 8.42 Å². The molecule has 2 aromatic carbocycles. The highest BCUT2D eigenvalue weighted by Crippen LogP contribution is 2.20. The molecule has 7 heteroatoms.